The number of likely N-dealkylation sites (N-methyl/N-ethyl adjacent to an activating group) is 1. The standard InChI is InChI=1S/C23H27FN4O7S/c1-23(2,22(34)27-15(20(31)32)6-9-18(29)30)28(3)11-13-5-8-17(36-13)21(33)35-16-7-4-12(19(25)26)10-14(16)24/h4-5,7-8,10,15H,6,9,11H2,1-3H3,(H3,25,26)(H,27,34)(H,29,30)(H,31,32)/t15-/m0/s1. The number of carbonyl (C=O) groups excluding carboxylic acids is 2. The fourth-order valence-corrected chi connectivity index (χ4v) is 3.88. The maximum Gasteiger partial charge on any atom is 0.353 e. The molecule has 0 saturated heterocycles. The molecule has 0 fully saturated rings. The van der Waals surface area contributed by atoms with Gasteiger partial charge in [0, 0.05) is 23.4 Å². The van der Waals surface area contributed by atoms with E-state index >= 15 is 0 Å². The summed E-state index contributed by atoms with van der Waals surface area (Å²) in [5, 5.41) is 27.8. The highest BCUT2D eigenvalue weighted by Gasteiger charge is 2.35. The third-order valence-corrected chi connectivity index (χ3v) is 6.51. The zero-order valence-electron chi connectivity index (χ0n) is 19.8. The Morgan fingerprint density at radius 3 is 2.44 bits per heavy atom. The second-order valence-electron chi connectivity index (χ2n) is 8.43. The fourth-order valence-electron chi connectivity index (χ4n) is 2.94. The SMILES string of the molecule is CN(Cc1ccc(C(=O)Oc2ccc(C(=N)N)cc2F)s1)C(C)(C)C(=O)N[C@@H](CCC(=O)O)C(=O)O. The van der Waals surface area contributed by atoms with Crippen LogP contribution in [0.15, 0.2) is 30.3 Å². The summed E-state index contributed by atoms with van der Waals surface area (Å²) in [6, 6.07) is 5.34. The number of carboxylic acid groups (broad SMARTS) is 2. The van der Waals surface area contributed by atoms with Gasteiger partial charge in [-0.3, -0.25) is 19.9 Å². The molecular weight excluding hydrogens is 495 g/mol. The summed E-state index contributed by atoms with van der Waals surface area (Å²) in [6.07, 6.45) is -0.670. The van der Waals surface area contributed by atoms with E-state index in [4.69, 9.17) is 21.0 Å². The molecule has 0 saturated carbocycles. The molecule has 0 bridgehead atoms. The normalized spacial score (nSPS) is 12.1. The predicted molar refractivity (Wildman–Crippen MR) is 129 cm³/mol. The van der Waals surface area contributed by atoms with Crippen LogP contribution in [0.4, 0.5) is 4.39 Å². The van der Waals surface area contributed by atoms with E-state index in [0.29, 0.717) is 4.88 Å². The van der Waals surface area contributed by atoms with Gasteiger partial charge in [0.2, 0.25) is 5.91 Å². The maximum absolute atomic E-state index is 14.2. The smallest absolute Gasteiger partial charge is 0.353 e. The fraction of sp³-hybridized carbons (Fsp3) is 0.348. The van der Waals surface area contributed by atoms with Crippen molar-refractivity contribution >= 4 is 41.0 Å². The highest BCUT2D eigenvalue weighted by atomic mass is 32.1. The number of thiophene rings is 1. The number of nitrogens with one attached hydrogen (secondary N) is 2. The third-order valence-electron chi connectivity index (χ3n) is 5.46. The first-order valence-corrected chi connectivity index (χ1v) is 11.5. The van der Waals surface area contributed by atoms with Crippen molar-refractivity contribution in [3.05, 3.63) is 51.5 Å². The van der Waals surface area contributed by atoms with E-state index in [1.807, 2.05) is 0 Å². The summed E-state index contributed by atoms with van der Waals surface area (Å²) in [4.78, 5) is 49.9. The second kappa shape index (κ2) is 11.7. The number of amidine groups is 1. The molecule has 11 nitrogen and oxygen atoms in total. The third kappa shape index (κ3) is 7.33. The highest BCUT2D eigenvalue weighted by Crippen LogP contribution is 2.25. The molecule has 1 heterocycles. The Kier molecular flexibility index (Phi) is 9.25. The number of aliphatic carboxylic acids is 2. The van der Waals surface area contributed by atoms with Gasteiger partial charge in [-0.25, -0.2) is 14.0 Å². The van der Waals surface area contributed by atoms with Crippen LogP contribution in [-0.4, -0.2) is 63.4 Å². The summed E-state index contributed by atoms with van der Waals surface area (Å²) < 4.78 is 19.3. The molecular formula is C23H27FN4O7S. The Labute approximate surface area is 210 Å². The van der Waals surface area contributed by atoms with E-state index in [2.05, 4.69) is 5.32 Å². The van der Waals surface area contributed by atoms with Gasteiger partial charge in [-0.15, -0.1) is 11.3 Å². The molecule has 6 N–H and O–H groups in total. The van der Waals surface area contributed by atoms with Crippen molar-refractivity contribution in [3.63, 3.8) is 0 Å². The Hall–Kier alpha value is -3.84. The molecule has 0 spiro atoms. The van der Waals surface area contributed by atoms with Crippen molar-refractivity contribution in [2.45, 2.75) is 44.8 Å². The zero-order valence-corrected chi connectivity index (χ0v) is 20.6. The molecule has 194 valence electrons. The number of esters is 1. The van der Waals surface area contributed by atoms with E-state index < -0.39 is 47.6 Å². The Bertz CT molecular complexity index is 1180. The topological polar surface area (TPSA) is 183 Å². The number of hydrogen-bond acceptors (Lipinski definition) is 8. The quantitative estimate of drug-likeness (QED) is 0.120. The number of nitrogens with zero attached hydrogens (tertiary/aromatic N) is 1. The van der Waals surface area contributed by atoms with Crippen molar-refractivity contribution in [2.75, 3.05) is 7.05 Å². The lowest BCUT2D eigenvalue weighted by atomic mass is 10.0. The molecule has 0 radical (unpaired) electrons. The molecule has 1 atom stereocenters. The Balaban J connectivity index is 2.04. The molecule has 1 amide bonds. The molecule has 2 aromatic rings. The van der Waals surface area contributed by atoms with Gasteiger partial charge in [-0.1, -0.05) is 0 Å². The van der Waals surface area contributed by atoms with Gasteiger partial charge >= 0.3 is 17.9 Å². The maximum atomic E-state index is 14.2. The van der Waals surface area contributed by atoms with E-state index in [9.17, 15) is 28.7 Å². The van der Waals surface area contributed by atoms with E-state index in [1.54, 1.807) is 31.9 Å². The first-order valence-electron chi connectivity index (χ1n) is 10.6. The lowest BCUT2D eigenvalue weighted by Crippen LogP contribution is -2.56. The molecule has 0 aliphatic rings. The minimum atomic E-state index is -1.35. The van der Waals surface area contributed by atoms with Crippen LogP contribution in [0.5, 0.6) is 5.75 Å². The number of carbonyl (C=O) groups is 4. The van der Waals surface area contributed by atoms with E-state index in [0.717, 1.165) is 17.4 Å². The minimum absolute atomic E-state index is 0.150. The van der Waals surface area contributed by atoms with Crippen molar-refractivity contribution in [1.29, 1.82) is 5.41 Å². The highest BCUT2D eigenvalue weighted by molar-refractivity contribution is 7.13. The molecule has 0 aliphatic carbocycles. The minimum Gasteiger partial charge on any atom is -0.481 e. The van der Waals surface area contributed by atoms with Gasteiger partial charge in [0.25, 0.3) is 0 Å². The number of hydrogen-bond donors (Lipinski definition) is 5. The number of benzene rings is 1. The summed E-state index contributed by atoms with van der Waals surface area (Å²) >= 11 is 1.08. The molecule has 0 unspecified atom stereocenters. The van der Waals surface area contributed by atoms with Crippen LogP contribution in [0.2, 0.25) is 0 Å². The molecule has 0 aliphatic heterocycles. The average molecular weight is 523 g/mol. The number of rotatable bonds is 12. The lowest BCUT2D eigenvalue weighted by Gasteiger charge is -2.34. The largest absolute Gasteiger partial charge is 0.481 e. The van der Waals surface area contributed by atoms with Crippen LogP contribution >= 0.6 is 11.3 Å². The van der Waals surface area contributed by atoms with Crippen LogP contribution < -0.4 is 15.8 Å². The summed E-state index contributed by atoms with van der Waals surface area (Å²) in [6.45, 7) is 3.37. The van der Waals surface area contributed by atoms with Crippen LogP contribution in [0, 0.1) is 11.2 Å². The molecule has 13 heteroatoms. The number of nitrogen functional groups attached to an aromatic ring is 1. The van der Waals surface area contributed by atoms with Gasteiger partial charge in [-0.05, 0) is 57.6 Å². The van der Waals surface area contributed by atoms with Gasteiger partial charge in [0.05, 0.1) is 5.54 Å². The van der Waals surface area contributed by atoms with Crippen molar-refractivity contribution < 1.29 is 38.5 Å². The van der Waals surface area contributed by atoms with E-state index in [1.165, 1.54) is 18.2 Å². The number of halogens is 1. The molecule has 1 aromatic heterocycles. The number of ether oxygens (including phenoxy) is 1. The monoisotopic (exact) mass is 522 g/mol. The van der Waals surface area contributed by atoms with Gasteiger partial charge in [0.15, 0.2) is 11.6 Å². The number of nitrogens with two attached hydrogens (primary N) is 1. The van der Waals surface area contributed by atoms with Crippen LogP contribution in [0.25, 0.3) is 0 Å². The van der Waals surface area contributed by atoms with Crippen LogP contribution in [0.3, 0.4) is 0 Å². The lowest BCUT2D eigenvalue weighted by molar-refractivity contribution is -0.145. The first-order chi connectivity index (χ1) is 16.7. The van der Waals surface area contributed by atoms with Gasteiger partial charge < -0.3 is 26.0 Å². The molecule has 1 aromatic carbocycles. The van der Waals surface area contributed by atoms with Crippen molar-refractivity contribution in [3.8, 4) is 5.75 Å². The molecule has 36 heavy (non-hydrogen) atoms. The van der Waals surface area contributed by atoms with Crippen molar-refractivity contribution in [2.24, 2.45) is 5.73 Å². The summed E-state index contributed by atoms with van der Waals surface area (Å²) in [7, 11) is 1.64. The Morgan fingerprint density at radius 1 is 1.22 bits per heavy atom. The predicted octanol–water partition coefficient (Wildman–Crippen LogP) is 2.04. The van der Waals surface area contributed by atoms with Gasteiger partial charge in [0.1, 0.15) is 16.8 Å². The van der Waals surface area contributed by atoms with Gasteiger partial charge in [-0.2, -0.15) is 0 Å². The summed E-state index contributed by atoms with van der Waals surface area (Å²) in [5.41, 5.74) is 4.28. The van der Waals surface area contributed by atoms with Crippen LogP contribution in [-0.2, 0) is 20.9 Å². The van der Waals surface area contributed by atoms with Crippen LogP contribution in [0.1, 0.15) is 46.8 Å². The number of carboxylic acids is 2. The first kappa shape index (κ1) is 28.4. The van der Waals surface area contributed by atoms with E-state index in [-0.39, 0.29) is 35.0 Å². The average Bonchev–Trinajstić information content (AvgIpc) is 3.25. The molecule has 2 rings (SSSR count). The zero-order chi connectivity index (χ0) is 27.2. The van der Waals surface area contributed by atoms with Crippen molar-refractivity contribution in [1.82, 2.24) is 10.2 Å². The number of amides is 1. The second-order valence-corrected chi connectivity index (χ2v) is 9.59. The summed E-state index contributed by atoms with van der Waals surface area (Å²) in [5.74, 6) is -5.39. The Morgan fingerprint density at radius 2 is 1.89 bits per heavy atom.